The molecule has 43 heavy (non-hydrogen) atoms. The number of ketones is 1. The van der Waals surface area contributed by atoms with Gasteiger partial charge in [-0.15, -0.1) is 0 Å². The van der Waals surface area contributed by atoms with Crippen molar-refractivity contribution in [3.8, 4) is 17.6 Å². The van der Waals surface area contributed by atoms with E-state index in [1.165, 1.54) is 0 Å². The zero-order valence-electron chi connectivity index (χ0n) is 25.1. The van der Waals surface area contributed by atoms with Crippen LogP contribution in [0.3, 0.4) is 0 Å². The molecule has 5 rings (SSSR count). The molecule has 2 aromatic carbocycles. The van der Waals surface area contributed by atoms with Gasteiger partial charge in [-0.2, -0.15) is 5.26 Å². The summed E-state index contributed by atoms with van der Waals surface area (Å²) in [7, 11) is 0. The number of nitrogens with one attached hydrogen (secondary N) is 2. The standard InChI is InChI=1S/C34H39BrN4O4/c1-4-7-22-15-28-32(29(40)16-22)31(26(19-36)21(3)38-28)25-17-27(35)33(30(18-25)42-5-2)43-20-23-8-6-9-24(14-23)34(37)39-10-12-41-13-11-39/h6,8-9,14,17-18,22,31,37-38H,4-5,7,10-13,15-16,20H2,1-3H3. The smallest absolute Gasteiger partial charge is 0.175 e. The molecule has 0 spiro atoms. The van der Waals surface area contributed by atoms with Crippen molar-refractivity contribution in [2.24, 2.45) is 5.92 Å². The lowest BCUT2D eigenvalue weighted by atomic mass is 9.72. The van der Waals surface area contributed by atoms with E-state index in [1.807, 2.05) is 55.1 Å². The van der Waals surface area contributed by atoms with E-state index in [0.717, 1.165) is 47.3 Å². The molecule has 1 saturated heterocycles. The highest BCUT2D eigenvalue weighted by molar-refractivity contribution is 9.10. The number of ether oxygens (including phenoxy) is 3. The van der Waals surface area contributed by atoms with E-state index in [2.05, 4.69) is 34.2 Å². The van der Waals surface area contributed by atoms with Crippen LogP contribution in [0, 0.1) is 22.7 Å². The first-order chi connectivity index (χ1) is 20.8. The average molecular weight is 648 g/mol. The van der Waals surface area contributed by atoms with Gasteiger partial charge in [-0.05, 0) is 77.9 Å². The molecule has 2 aromatic rings. The van der Waals surface area contributed by atoms with Gasteiger partial charge < -0.3 is 24.4 Å². The molecule has 2 atom stereocenters. The topological polar surface area (TPSA) is 108 Å². The van der Waals surface area contributed by atoms with E-state index in [4.69, 9.17) is 19.6 Å². The Bertz CT molecular complexity index is 1500. The lowest BCUT2D eigenvalue weighted by Crippen LogP contribution is -2.40. The van der Waals surface area contributed by atoms with Crippen molar-refractivity contribution in [1.82, 2.24) is 10.2 Å². The largest absolute Gasteiger partial charge is 0.490 e. The molecule has 9 heteroatoms. The summed E-state index contributed by atoms with van der Waals surface area (Å²) in [6.07, 6.45) is 3.36. The molecular formula is C34H39BrN4O4. The molecular weight excluding hydrogens is 608 g/mol. The van der Waals surface area contributed by atoms with Gasteiger partial charge in [-0.1, -0.05) is 31.5 Å². The number of rotatable bonds is 9. The Balaban J connectivity index is 1.43. The molecule has 2 unspecified atom stereocenters. The van der Waals surface area contributed by atoms with Crippen LogP contribution in [-0.2, 0) is 16.1 Å². The maximum absolute atomic E-state index is 13.5. The van der Waals surface area contributed by atoms with Crippen molar-refractivity contribution in [3.63, 3.8) is 0 Å². The predicted molar refractivity (Wildman–Crippen MR) is 169 cm³/mol. The fourth-order valence-corrected chi connectivity index (χ4v) is 6.88. The van der Waals surface area contributed by atoms with Gasteiger partial charge in [0.05, 0.1) is 41.9 Å². The summed E-state index contributed by atoms with van der Waals surface area (Å²) in [6, 6.07) is 14.1. The van der Waals surface area contributed by atoms with Crippen LogP contribution < -0.4 is 14.8 Å². The Morgan fingerprint density at radius 3 is 2.70 bits per heavy atom. The Morgan fingerprint density at radius 2 is 1.98 bits per heavy atom. The van der Waals surface area contributed by atoms with Crippen LogP contribution in [0.4, 0.5) is 0 Å². The number of allylic oxidation sites excluding steroid dienone is 4. The van der Waals surface area contributed by atoms with Crippen molar-refractivity contribution in [2.75, 3.05) is 32.9 Å². The molecule has 226 valence electrons. The second-order valence-electron chi connectivity index (χ2n) is 11.3. The highest BCUT2D eigenvalue weighted by atomic mass is 79.9. The van der Waals surface area contributed by atoms with E-state index in [-0.39, 0.29) is 12.4 Å². The van der Waals surface area contributed by atoms with E-state index in [1.54, 1.807) is 0 Å². The summed E-state index contributed by atoms with van der Waals surface area (Å²) in [5, 5.41) is 22.2. The lowest BCUT2D eigenvalue weighted by Gasteiger charge is -2.35. The number of nitriles is 1. The minimum Gasteiger partial charge on any atom is -0.490 e. The van der Waals surface area contributed by atoms with Crippen molar-refractivity contribution in [2.45, 2.75) is 59.0 Å². The van der Waals surface area contributed by atoms with Gasteiger partial charge in [-0.3, -0.25) is 10.2 Å². The number of halogens is 1. The van der Waals surface area contributed by atoms with Crippen LogP contribution in [0.2, 0.25) is 0 Å². The summed E-state index contributed by atoms with van der Waals surface area (Å²) < 4.78 is 18.5. The third kappa shape index (κ3) is 6.66. The molecule has 1 aliphatic carbocycles. The molecule has 2 N–H and O–H groups in total. The number of hydrogen-bond donors (Lipinski definition) is 2. The van der Waals surface area contributed by atoms with Gasteiger partial charge in [0.15, 0.2) is 17.3 Å². The Morgan fingerprint density at radius 1 is 1.19 bits per heavy atom. The third-order valence-corrected chi connectivity index (χ3v) is 8.89. The zero-order valence-corrected chi connectivity index (χ0v) is 26.7. The van der Waals surface area contributed by atoms with Crippen LogP contribution in [-0.4, -0.2) is 49.4 Å². The maximum atomic E-state index is 13.5. The Labute approximate surface area is 262 Å². The van der Waals surface area contributed by atoms with Gasteiger partial charge in [0.25, 0.3) is 0 Å². The van der Waals surface area contributed by atoms with Gasteiger partial charge in [0.1, 0.15) is 12.4 Å². The number of carbonyl (C=O) groups excluding carboxylic acids is 1. The lowest BCUT2D eigenvalue weighted by molar-refractivity contribution is -0.117. The molecule has 2 heterocycles. The van der Waals surface area contributed by atoms with E-state index < -0.39 is 5.92 Å². The van der Waals surface area contributed by atoms with E-state index in [9.17, 15) is 10.1 Å². The molecule has 0 saturated carbocycles. The minimum atomic E-state index is -0.469. The molecule has 1 fully saturated rings. The normalized spacial score (nSPS) is 20.3. The van der Waals surface area contributed by atoms with Crippen molar-refractivity contribution in [1.29, 1.82) is 10.7 Å². The van der Waals surface area contributed by atoms with E-state index in [0.29, 0.717) is 78.2 Å². The summed E-state index contributed by atoms with van der Waals surface area (Å²) in [4.78, 5) is 15.6. The van der Waals surface area contributed by atoms with Gasteiger partial charge in [0.2, 0.25) is 0 Å². The summed E-state index contributed by atoms with van der Waals surface area (Å²) in [5.74, 6) is 1.54. The van der Waals surface area contributed by atoms with Crippen molar-refractivity contribution < 1.29 is 19.0 Å². The number of amidine groups is 1. The monoisotopic (exact) mass is 646 g/mol. The summed E-state index contributed by atoms with van der Waals surface area (Å²) in [5.41, 5.74) is 5.54. The quantitative estimate of drug-likeness (QED) is 0.233. The third-order valence-electron chi connectivity index (χ3n) is 8.31. The van der Waals surface area contributed by atoms with E-state index >= 15 is 0 Å². The number of benzene rings is 2. The zero-order chi connectivity index (χ0) is 30.5. The van der Waals surface area contributed by atoms with Gasteiger partial charge in [-0.25, -0.2) is 0 Å². The molecule has 0 aromatic heterocycles. The number of Topliss-reactive ketones (excluding diaryl/α,β-unsaturated/α-hetero) is 1. The van der Waals surface area contributed by atoms with Crippen LogP contribution in [0.15, 0.2) is 63.4 Å². The minimum absolute atomic E-state index is 0.106. The van der Waals surface area contributed by atoms with Crippen molar-refractivity contribution >= 4 is 27.5 Å². The number of morpholine rings is 1. The Kier molecular flexibility index (Phi) is 9.89. The molecule has 2 aliphatic heterocycles. The molecule has 0 radical (unpaired) electrons. The molecule has 0 amide bonds. The number of hydrogen-bond acceptors (Lipinski definition) is 7. The predicted octanol–water partition coefficient (Wildman–Crippen LogP) is 6.60. The first-order valence-electron chi connectivity index (χ1n) is 15.1. The second-order valence-corrected chi connectivity index (χ2v) is 12.1. The first-order valence-corrected chi connectivity index (χ1v) is 15.9. The maximum Gasteiger partial charge on any atom is 0.175 e. The molecule has 3 aliphatic rings. The van der Waals surface area contributed by atoms with Gasteiger partial charge >= 0.3 is 0 Å². The summed E-state index contributed by atoms with van der Waals surface area (Å²) >= 11 is 3.71. The highest BCUT2D eigenvalue weighted by Crippen LogP contribution is 2.47. The van der Waals surface area contributed by atoms with Crippen molar-refractivity contribution in [3.05, 3.63) is 80.1 Å². The van der Waals surface area contributed by atoms with Crippen LogP contribution in [0.5, 0.6) is 11.5 Å². The fourth-order valence-electron chi connectivity index (χ4n) is 6.30. The SMILES string of the molecule is CCCC1CC(=O)C2=C(C1)NC(C)=C(C#N)C2c1cc(Br)c(OCc2cccc(C(=N)N3CCOCC3)c2)c(OCC)c1. The van der Waals surface area contributed by atoms with Crippen LogP contribution in [0.25, 0.3) is 0 Å². The average Bonchev–Trinajstić information content (AvgIpc) is 3.00. The second kappa shape index (κ2) is 13.8. The highest BCUT2D eigenvalue weighted by Gasteiger charge is 2.39. The first kappa shape index (κ1) is 30.8. The number of dihydropyridines is 1. The molecule has 8 nitrogen and oxygen atoms in total. The number of carbonyl (C=O) groups is 1. The Hall–Kier alpha value is -3.61. The van der Waals surface area contributed by atoms with Crippen LogP contribution >= 0.6 is 15.9 Å². The molecule has 0 bridgehead atoms. The summed E-state index contributed by atoms with van der Waals surface area (Å²) in [6.45, 7) is 9.35. The fraction of sp³-hybridized carbons (Fsp3) is 0.441. The number of nitrogens with zero attached hydrogens (tertiary/aromatic N) is 2. The van der Waals surface area contributed by atoms with Gasteiger partial charge in [0, 0.05) is 42.0 Å². The van der Waals surface area contributed by atoms with Crippen LogP contribution in [0.1, 0.15) is 69.1 Å².